The lowest BCUT2D eigenvalue weighted by Crippen LogP contribution is -2.06. The molecule has 1 saturated heterocycles. The van der Waals surface area contributed by atoms with Gasteiger partial charge in [0.1, 0.15) is 16.4 Å². The Hall–Kier alpha value is -1.16. The molecule has 0 amide bonds. The standard InChI is InChI=1S/C16H16Cl2N2O/c1-9-4-3-5-11(8-9)13-14(17)19-16(20-15(13)18)12-7-6-10(2)21-12/h3-5,8,10,12H,6-7H2,1-2H3. The van der Waals surface area contributed by atoms with Crippen LogP contribution in [-0.4, -0.2) is 16.1 Å². The molecule has 0 radical (unpaired) electrons. The Bertz CT molecular complexity index is 652. The molecular formula is C16H16Cl2N2O. The van der Waals surface area contributed by atoms with Gasteiger partial charge < -0.3 is 4.74 Å². The van der Waals surface area contributed by atoms with E-state index in [-0.39, 0.29) is 12.2 Å². The molecule has 3 nitrogen and oxygen atoms in total. The Morgan fingerprint density at radius 1 is 1.14 bits per heavy atom. The van der Waals surface area contributed by atoms with Crippen molar-refractivity contribution in [2.45, 2.75) is 38.9 Å². The third kappa shape index (κ3) is 3.05. The van der Waals surface area contributed by atoms with Crippen molar-refractivity contribution in [1.82, 2.24) is 9.97 Å². The van der Waals surface area contributed by atoms with Crippen LogP contribution in [0.25, 0.3) is 11.1 Å². The van der Waals surface area contributed by atoms with Crippen LogP contribution in [0, 0.1) is 6.92 Å². The molecule has 2 unspecified atom stereocenters. The average molecular weight is 323 g/mol. The molecule has 21 heavy (non-hydrogen) atoms. The zero-order chi connectivity index (χ0) is 15.0. The van der Waals surface area contributed by atoms with Crippen molar-refractivity contribution in [2.24, 2.45) is 0 Å². The van der Waals surface area contributed by atoms with Crippen LogP contribution < -0.4 is 0 Å². The Morgan fingerprint density at radius 2 is 1.86 bits per heavy atom. The molecule has 5 heteroatoms. The number of ether oxygens (including phenoxy) is 1. The van der Waals surface area contributed by atoms with Gasteiger partial charge in [-0.1, -0.05) is 53.0 Å². The molecule has 110 valence electrons. The number of hydrogen-bond donors (Lipinski definition) is 0. The van der Waals surface area contributed by atoms with Crippen LogP contribution >= 0.6 is 23.2 Å². The predicted octanol–water partition coefficient (Wildman–Crippen LogP) is 5.00. The molecule has 0 aliphatic carbocycles. The summed E-state index contributed by atoms with van der Waals surface area (Å²) in [5.41, 5.74) is 2.74. The summed E-state index contributed by atoms with van der Waals surface area (Å²) in [5, 5.41) is 0.748. The molecule has 2 aromatic rings. The van der Waals surface area contributed by atoms with E-state index in [1.165, 1.54) is 0 Å². The minimum absolute atomic E-state index is 0.110. The zero-order valence-corrected chi connectivity index (χ0v) is 13.4. The van der Waals surface area contributed by atoms with E-state index in [2.05, 4.69) is 9.97 Å². The fraction of sp³-hybridized carbons (Fsp3) is 0.375. The highest BCUT2D eigenvalue weighted by Crippen LogP contribution is 2.36. The number of hydrogen-bond acceptors (Lipinski definition) is 3. The first-order valence-corrected chi connectivity index (χ1v) is 7.75. The van der Waals surface area contributed by atoms with Gasteiger partial charge in [-0.15, -0.1) is 0 Å². The lowest BCUT2D eigenvalue weighted by molar-refractivity contribution is 0.0503. The van der Waals surface area contributed by atoms with E-state index in [0.29, 0.717) is 21.7 Å². The molecule has 0 spiro atoms. The van der Waals surface area contributed by atoms with E-state index in [0.717, 1.165) is 24.0 Å². The van der Waals surface area contributed by atoms with Gasteiger partial charge in [-0.25, -0.2) is 9.97 Å². The van der Waals surface area contributed by atoms with Gasteiger partial charge in [0.25, 0.3) is 0 Å². The SMILES string of the molecule is Cc1cccc(-c2c(Cl)nc(C3CCC(C)O3)nc2Cl)c1. The molecule has 0 bridgehead atoms. The third-order valence-electron chi connectivity index (χ3n) is 3.66. The predicted molar refractivity (Wildman–Crippen MR) is 84.7 cm³/mol. The number of rotatable bonds is 2. The quantitative estimate of drug-likeness (QED) is 0.730. The maximum Gasteiger partial charge on any atom is 0.160 e. The molecule has 1 fully saturated rings. The minimum atomic E-state index is -0.110. The van der Waals surface area contributed by atoms with Crippen LogP contribution in [0.1, 0.15) is 37.3 Å². The van der Waals surface area contributed by atoms with Crippen LogP contribution in [-0.2, 0) is 4.74 Å². The van der Waals surface area contributed by atoms with Crippen LogP contribution in [0.15, 0.2) is 24.3 Å². The fourth-order valence-corrected chi connectivity index (χ4v) is 3.22. The van der Waals surface area contributed by atoms with Crippen molar-refractivity contribution in [2.75, 3.05) is 0 Å². The van der Waals surface area contributed by atoms with Crippen molar-refractivity contribution < 1.29 is 4.74 Å². The Morgan fingerprint density at radius 3 is 2.43 bits per heavy atom. The smallest absolute Gasteiger partial charge is 0.160 e. The second kappa shape index (κ2) is 5.91. The normalized spacial score (nSPS) is 21.7. The highest BCUT2D eigenvalue weighted by Gasteiger charge is 2.27. The summed E-state index contributed by atoms with van der Waals surface area (Å²) in [7, 11) is 0. The number of nitrogens with zero attached hydrogens (tertiary/aromatic N) is 2. The van der Waals surface area contributed by atoms with Crippen LogP contribution in [0.4, 0.5) is 0 Å². The van der Waals surface area contributed by atoms with Crippen molar-refractivity contribution in [3.8, 4) is 11.1 Å². The number of benzene rings is 1. The lowest BCUT2D eigenvalue weighted by atomic mass is 10.1. The summed E-state index contributed by atoms with van der Waals surface area (Å²) in [6, 6.07) is 7.96. The van der Waals surface area contributed by atoms with Gasteiger partial charge in [0.15, 0.2) is 5.82 Å². The summed E-state index contributed by atoms with van der Waals surface area (Å²) in [5.74, 6) is 0.575. The Balaban J connectivity index is 2.00. The Labute approximate surface area is 134 Å². The molecule has 2 heterocycles. The monoisotopic (exact) mass is 322 g/mol. The van der Waals surface area contributed by atoms with Gasteiger partial charge in [-0.3, -0.25) is 0 Å². The van der Waals surface area contributed by atoms with Gasteiger partial charge in [0.05, 0.1) is 11.7 Å². The van der Waals surface area contributed by atoms with E-state index in [1.807, 2.05) is 38.1 Å². The summed E-state index contributed by atoms with van der Waals surface area (Å²) in [6.45, 7) is 4.07. The zero-order valence-electron chi connectivity index (χ0n) is 11.9. The van der Waals surface area contributed by atoms with Crippen LogP contribution in [0.3, 0.4) is 0 Å². The fourth-order valence-electron chi connectivity index (χ4n) is 2.60. The first-order valence-electron chi connectivity index (χ1n) is 7.00. The summed E-state index contributed by atoms with van der Waals surface area (Å²) in [6.07, 6.45) is 2.02. The van der Waals surface area contributed by atoms with Crippen molar-refractivity contribution in [3.05, 3.63) is 46.0 Å². The second-order valence-corrected chi connectivity index (χ2v) is 6.14. The third-order valence-corrected chi connectivity index (χ3v) is 4.21. The maximum atomic E-state index is 6.35. The maximum absolute atomic E-state index is 6.35. The molecule has 0 saturated carbocycles. The van der Waals surface area contributed by atoms with Crippen molar-refractivity contribution in [1.29, 1.82) is 0 Å². The van der Waals surface area contributed by atoms with E-state index in [4.69, 9.17) is 27.9 Å². The molecule has 1 aliphatic heterocycles. The average Bonchev–Trinajstić information content (AvgIpc) is 2.85. The molecule has 1 aromatic carbocycles. The van der Waals surface area contributed by atoms with Gasteiger partial charge >= 0.3 is 0 Å². The van der Waals surface area contributed by atoms with E-state index in [9.17, 15) is 0 Å². The molecule has 1 aliphatic rings. The molecule has 3 rings (SSSR count). The molecular weight excluding hydrogens is 307 g/mol. The van der Waals surface area contributed by atoms with Crippen LogP contribution in [0.2, 0.25) is 10.3 Å². The van der Waals surface area contributed by atoms with Crippen molar-refractivity contribution in [3.63, 3.8) is 0 Å². The first kappa shape index (κ1) is 14.8. The summed E-state index contributed by atoms with van der Waals surface area (Å²) < 4.78 is 5.78. The topological polar surface area (TPSA) is 35.0 Å². The van der Waals surface area contributed by atoms with Crippen LogP contribution in [0.5, 0.6) is 0 Å². The molecule has 2 atom stereocenters. The van der Waals surface area contributed by atoms with Gasteiger partial charge in [0, 0.05) is 0 Å². The van der Waals surface area contributed by atoms with E-state index in [1.54, 1.807) is 0 Å². The number of aryl methyl sites for hydroxylation is 1. The number of aromatic nitrogens is 2. The van der Waals surface area contributed by atoms with Gasteiger partial charge in [0.2, 0.25) is 0 Å². The van der Waals surface area contributed by atoms with Crippen molar-refractivity contribution >= 4 is 23.2 Å². The highest BCUT2D eigenvalue weighted by molar-refractivity contribution is 6.37. The Kier molecular flexibility index (Phi) is 4.16. The largest absolute Gasteiger partial charge is 0.367 e. The highest BCUT2D eigenvalue weighted by atomic mass is 35.5. The molecule has 0 N–H and O–H groups in total. The minimum Gasteiger partial charge on any atom is -0.367 e. The molecule has 1 aromatic heterocycles. The summed E-state index contributed by atoms with van der Waals surface area (Å²) in [4.78, 5) is 8.80. The number of halogens is 2. The van der Waals surface area contributed by atoms with E-state index >= 15 is 0 Å². The lowest BCUT2D eigenvalue weighted by Gasteiger charge is -2.13. The second-order valence-electron chi connectivity index (χ2n) is 5.42. The van der Waals surface area contributed by atoms with Gasteiger partial charge in [-0.2, -0.15) is 0 Å². The summed E-state index contributed by atoms with van der Waals surface area (Å²) >= 11 is 12.7. The van der Waals surface area contributed by atoms with E-state index < -0.39 is 0 Å². The first-order chi connectivity index (χ1) is 10.0. The van der Waals surface area contributed by atoms with Gasteiger partial charge in [-0.05, 0) is 32.3 Å².